The predicted octanol–water partition coefficient (Wildman–Crippen LogP) is 7.14. The fraction of sp³-hybridized carbons (Fsp3) is 0.438. The van der Waals surface area contributed by atoms with Crippen molar-refractivity contribution in [3.63, 3.8) is 0 Å². The average Bonchev–Trinajstić information content (AvgIpc) is 2.89. The highest BCUT2D eigenvalue weighted by molar-refractivity contribution is 5.85. The summed E-state index contributed by atoms with van der Waals surface area (Å²) in [7, 11) is 0. The Hall–Kier alpha value is -2.17. The van der Waals surface area contributed by atoms with Crippen LogP contribution in [0.25, 0.3) is 0 Å². The first-order valence-electron chi connectivity index (χ1n) is 13.2. The van der Waals surface area contributed by atoms with Gasteiger partial charge in [0.2, 0.25) is 0 Å². The van der Waals surface area contributed by atoms with E-state index in [0.29, 0.717) is 19.3 Å². The van der Waals surface area contributed by atoms with Crippen molar-refractivity contribution >= 4 is 12.4 Å². The molecule has 3 aromatic carbocycles. The maximum absolute atomic E-state index is 12.2. The van der Waals surface area contributed by atoms with Crippen LogP contribution in [0.15, 0.2) is 84.9 Å². The van der Waals surface area contributed by atoms with Gasteiger partial charge in [-0.05, 0) is 59.8 Å². The van der Waals surface area contributed by atoms with Crippen LogP contribution < -0.4 is 0 Å². The summed E-state index contributed by atoms with van der Waals surface area (Å²) in [4.78, 5) is 2.26. The summed E-state index contributed by atoms with van der Waals surface area (Å²) in [6, 6.07) is 28.4. The Labute approximate surface area is 223 Å². The number of halogens is 1. The van der Waals surface area contributed by atoms with E-state index in [4.69, 9.17) is 0 Å². The van der Waals surface area contributed by atoms with E-state index in [0.717, 1.165) is 42.6 Å². The molecule has 1 heterocycles. The minimum absolute atomic E-state index is 0. The first kappa shape index (κ1) is 28.4. The summed E-state index contributed by atoms with van der Waals surface area (Å²) < 4.78 is 0. The largest absolute Gasteiger partial charge is 0.380 e. The minimum Gasteiger partial charge on any atom is -0.380 e. The lowest BCUT2D eigenvalue weighted by Crippen LogP contribution is -2.49. The van der Waals surface area contributed by atoms with Crippen molar-refractivity contribution in [2.45, 2.75) is 76.0 Å². The molecule has 1 saturated heterocycles. The van der Waals surface area contributed by atoms with E-state index < -0.39 is 11.3 Å². The van der Waals surface area contributed by atoms with Crippen LogP contribution in [-0.2, 0) is 16.7 Å². The number of aliphatic hydroxyl groups is 2. The molecule has 1 unspecified atom stereocenters. The number of hydrogen-bond donors (Lipinski definition) is 2. The third kappa shape index (κ3) is 6.20. The summed E-state index contributed by atoms with van der Waals surface area (Å²) in [5, 5.41) is 24.1. The highest BCUT2D eigenvalue weighted by atomic mass is 35.5. The van der Waals surface area contributed by atoms with Gasteiger partial charge in [-0.3, -0.25) is 4.90 Å². The summed E-state index contributed by atoms with van der Waals surface area (Å²) in [6.07, 6.45) is 5.24. The smallest absolute Gasteiger partial charge is 0.144 e. The van der Waals surface area contributed by atoms with Crippen molar-refractivity contribution in [1.29, 1.82) is 0 Å². The second-order valence-corrected chi connectivity index (χ2v) is 11.1. The third-order valence-electron chi connectivity index (χ3n) is 7.66. The van der Waals surface area contributed by atoms with E-state index in [9.17, 15) is 10.2 Å². The van der Waals surface area contributed by atoms with Gasteiger partial charge in [-0.25, -0.2) is 0 Å². The second kappa shape index (κ2) is 11.9. The molecule has 1 atom stereocenters. The SMILES string of the molecule is CC(C)(C)c1ccc(C(O)(CCCC(O)(c2ccccc2)c2ccccc2)N2CCCCC2)cc1.Cl. The third-order valence-corrected chi connectivity index (χ3v) is 7.66. The van der Waals surface area contributed by atoms with E-state index in [2.05, 4.69) is 49.9 Å². The van der Waals surface area contributed by atoms with Gasteiger partial charge in [-0.1, -0.05) is 112 Å². The lowest BCUT2D eigenvalue weighted by Gasteiger charge is -2.43. The van der Waals surface area contributed by atoms with Crippen molar-refractivity contribution in [2.75, 3.05) is 13.1 Å². The lowest BCUT2D eigenvalue weighted by atomic mass is 9.80. The van der Waals surface area contributed by atoms with Gasteiger partial charge in [-0.15, -0.1) is 12.4 Å². The molecule has 194 valence electrons. The molecule has 0 radical (unpaired) electrons. The van der Waals surface area contributed by atoms with Crippen molar-refractivity contribution in [2.24, 2.45) is 0 Å². The van der Waals surface area contributed by atoms with Crippen LogP contribution in [-0.4, -0.2) is 28.2 Å². The molecule has 1 aliphatic heterocycles. The number of piperidine rings is 1. The summed E-state index contributed by atoms with van der Waals surface area (Å²) in [5.74, 6) is 0. The van der Waals surface area contributed by atoms with Gasteiger partial charge >= 0.3 is 0 Å². The highest BCUT2D eigenvalue weighted by Gasteiger charge is 2.38. The van der Waals surface area contributed by atoms with Crippen molar-refractivity contribution < 1.29 is 10.2 Å². The Balaban J connectivity index is 0.00000361. The van der Waals surface area contributed by atoms with Crippen molar-refractivity contribution in [3.8, 4) is 0 Å². The highest BCUT2D eigenvalue weighted by Crippen LogP contribution is 2.39. The first-order valence-corrected chi connectivity index (χ1v) is 13.2. The molecule has 4 heteroatoms. The van der Waals surface area contributed by atoms with Crippen LogP contribution >= 0.6 is 12.4 Å². The minimum atomic E-state index is -1.10. The lowest BCUT2D eigenvalue weighted by molar-refractivity contribution is -0.132. The monoisotopic (exact) mass is 507 g/mol. The maximum atomic E-state index is 12.2. The number of likely N-dealkylation sites (tertiary alicyclic amines) is 1. The molecule has 0 amide bonds. The topological polar surface area (TPSA) is 43.7 Å². The standard InChI is InChI=1S/C32H41NO2.ClH/c1-30(2,3)26-18-20-29(21-19-26)32(35,33-24-11-6-12-25-33)23-13-22-31(34,27-14-7-4-8-15-27)28-16-9-5-10-17-28;/h4-5,7-10,14-21,34-35H,6,11-13,22-25H2,1-3H3;1H. The fourth-order valence-electron chi connectivity index (χ4n) is 5.46. The molecule has 1 fully saturated rings. The van der Waals surface area contributed by atoms with E-state index >= 15 is 0 Å². The van der Waals surface area contributed by atoms with Crippen LogP contribution in [0.4, 0.5) is 0 Å². The zero-order valence-corrected chi connectivity index (χ0v) is 22.8. The van der Waals surface area contributed by atoms with Gasteiger partial charge in [0, 0.05) is 13.1 Å². The van der Waals surface area contributed by atoms with Crippen LogP contribution in [0.2, 0.25) is 0 Å². The maximum Gasteiger partial charge on any atom is 0.144 e. The Morgan fingerprint density at radius 3 is 1.56 bits per heavy atom. The Morgan fingerprint density at radius 2 is 1.08 bits per heavy atom. The molecule has 36 heavy (non-hydrogen) atoms. The van der Waals surface area contributed by atoms with Gasteiger partial charge in [0.25, 0.3) is 0 Å². The molecular weight excluding hydrogens is 466 g/mol. The first-order chi connectivity index (χ1) is 16.7. The Kier molecular flexibility index (Phi) is 9.40. The number of benzene rings is 3. The molecule has 3 nitrogen and oxygen atoms in total. The Bertz CT molecular complexity index is 1020. The van der Waals surface area contributed by atoms with E-state index in [1.165, 1.54) is 12.0 Å². The van der Waals surface area contributed by atoms with Crippen LogP contribution in [0, 0.1) is 0 Å². The zero-order valence-electron chi connectivity index (χ0n) is 22.0. The zero-order chi connectivity index (χ0) is 24.9. The molecule has 4 rings (SSSR count). The van der Waals surface area contributed by atoms with Gasteiger partial charge < -0.3 is 10.2 Å². The quantitative estimate of drug-likeness (QED) is 0.340. The average molecular weight is 508 g/mol. The number of rotatable bonds is 8. The second-order valence-electron chi connectivity index (χ2n) is 11.1. The molecule has 1 aliphatic rings. The molecule has 0 spiro atoms. The summed E-state index contributed by atoms with van der Waals surface area (Å²) in [6.45, 7) is 8.45. The van der Waals surface area contributed by atoms with Crippen molar-refractivity contribution in [3.05, 3.63) is 107 Å². The fourth-order valence-corrected chi connectivity index (χ4v) is 5.46. The van der Waals surface area contributed by atoms with Gasteiger partial charge in [0.05, 0.1) is 0 Å². The van der Waals surface area contributed by atoms with Crippen LogP contribution in [0.1, 0.15) is 81.5 Å². The molecule has 0 saturated carbocycles. The van der Waals surface area contributed by atoms with Gasteiger partial charge in [-0.2, -0.15) is 0 Å². The van der Waals surface area contributed by atoms with E-state index in [1.54, 1.807) is 0 Å². The molecule has 3 aromatic rings. The summed E-state index contributed by atoms with van der Waals surface area (Å²) in [5.41, 5.74) is 1.94. The molecule has 0 bridgehead atoms. The van der Waals surface area contributed by atoms with E-state index in [1.807, 2.05) is 60.7 Å². The van der Waals surface area contributed by atoms with Gasteiger partial charge in [0.1, 0.15) is 11.3 Å². The van der Waals surface area contributed by atoms with E-state index in [-0.39, 0.29) is 17.8 Å². The molecule has 2 N–H and O–H groups in total. The number of hydrogen-bond acceptors (Lipinski definition) is 3. The Morgan fingerprint density at radius 1 is 0.611 bits per heavy atom. The molecule has 0 aromatic heterocycles. The summed E-state index contributed by atoms with van der Waals surface area (Å²) >= 11 is 0. The van der Waals surface area contributed by atoms with Crippen LogP contribution in [0.3, 0.4) is 0 Å². The normalized spacial score (nSPS) is 16.7. The van der Waals surface area contributed by atoms with Crippen molar-refractivity contribution in [1.82, 2.24) is 4.90 Å². The molecule has 0 aliphatic carbocycles. The molecular formula is C32H42ClNO2. The predicted molar refractivity (Wildman–Crippen MR) is 151 cm³/mol. The number of nitrogens with zero attached hydrogens (tertiary/aromatic N) is 1. The van der Waals surface area contributed by atoms with Gasteiger partial charge in [0.15, 0.2) is 0 Å². The van der Waals surface area contributed by atoms with Crippen LogP contribution in [0.5, 0.6) is 0 Å².